The van der Waals surface area contributed by atoms with E-state index in [1.54, 1.807) is 25.4 Å². The Balaban J connectivity index is 1.49. The maximum atomic E-state index is 13.1. The lowest BCUT2D eigenvalue weighted by Gasteiger charge is -2.39. The number of hydrogen-bond donors (Lipinski definition) is 1. The predicted molar refractivity (Wildman–Crippen MR) is 111 cm³/mol. The second-order valence-corrected chi connectivity index (χ2v) is 7.64. The van der Waals surface area contributed by atoms with Gasteiger partial charge in [-0.2, -0.15) is 0 Å². The maximum Gasteiger partial charge on any atom is 0.247 e. The summed E-state index contributed by atoms with van der Waals surface area (Å²) < 4.78 is 0. The van der Waals surface area contributed by atoms with Crippen LogP contribution < -0.4 is 10.6 Å². The van der Waals surface area contributed by atoms with Crippen LogP contribution in [0.5, 0.6) is 0 Å². The van der Waals surface area contributed by atoms with Gasteiger partial charge in [-0.1, -0.05) is 35.9 Å². The Bertz CT molecular complexity index is 992. The van der Waals surface area contributed by atoms with E-state index in [4.69, 9.17) is 17.3 Å². The number of fused-ring (bicyclic) bond motifs is 1. The Kier molecular flexibility index (Phi) is 4.91. The third kappa shape index (κ3) is 3.41. The molecular weight excluding hydrogens is 374 g/mol. The smallest absolute Gasteiger partial charge is 0.247 e. The summed E-state index contributed by atoms with van der Waals surface area (Å²) in [6, 6.07) is 15.1. The Hall–Kier alpha value is -2.70. The summed E-state index contributed by atoms with van der Waals surface area (Å²) in [5, 5.41) is 1.65. The van der Waals surface area contributed by atoms with Crippen molar-refractivity contribution in [1.29, 1.82) is 0 Å². The molecule has 2 heterocycles. The third-order valence-corrected chi connectivity index (χ3v) is 5.53. The molecule has 1 aliphatic rings. The molecule has 1 fully saturated rings. The SMILES string of the molecule is C[C@](N)(C(=O)N1CCN(c2ncnc3ccccc23)CC1)c1ccc(Cl)cc1. The normalized spacial score (nSPS) is 16.8. The lowest BCUT2D eigenvalue weighted by Crippen LogP contribution is -2.57. The van der Waals surface area contributed by atoms with Gasteiger partial charge in [0, 0.05) is 36.6 Å². The number of hydrogen-bond acceptors (Lipinski definition) is 5. The summed E-state index contributed by atoms with van der Waals surface area (Å²) in [5.74, 6) is 0.827. The molecule has 2 N–H and O–H groups in total. The minimum absolute atomic E-state index is 0.0815. The van der Waals surface area contributed by atoms with Crippen LogP contribution >= 0.6 is 11.6 Å². The van der Waals surface area contributed by atoms with E-state index in [1.165, 1.54) is 0 Å². The highest BCUT2D eigenvalue weighted by molar-refractivity contribution is 6.30. The summed E-state index contributed by atoms with van der Waals surface area (Å²) in [4.78, 5) is 25.9. The minimum atomic E-state index is -1.09. The zero-order chi connectivity index (χ0) is 19.7. The molecule has 7 heteroatoms. The first-order chi connectivity index (χ1) is 13.5. The molecule has 0 saturated carbocycles. The van der Waals surface area contributed by atoms with Crippen LogP contribution in [0.2, 0.25) is 5.02 Å². The molecule has 1 aliphatic heterocycles. The molecule has 2 aromatic carbocycles. The van der Waals surface area contributed by atoms with Gasteiger partial charge in [0.2, 0.25) is 5.91 Å². The number of amides is 1. The number of anilines is 1. The highest BCUT2D eigenvalue weighted by Gasteiger charge is 2.36. The van der Waals surface area contributed by atoms with E-state index in [9.17, 15) is 4.79 Å². The van der Waals surface area contributed by atoms with Crippen molar-refractivity contribution in [2.45, 2.75) is 12.5 Å². The van der Waals surface area contributed by atoms with Crippen LogP contribution in [0.15, 0.2) is 54.9 Å². The lowest BCUT2D eigenvalue weighted by atomic mass is 9.91. The molecule has 6 nitrogen and oxygen atoms in total. The number of rotatable bonds is 3. The average Bonchev–Trinajstić information content (AvgIpc) is 2.73. The first-order valence-electron chi connectivity index (χ1n) is 9.26. The molecule has 1 amide bonds. The van der Waals surface area contributed by atoms with Crippen LogP contribution in [-0.4, -0.2) is 47.0 Å². The van der Waals surface area contributed by atoms with Crippen molar-refractivity contribution in [3.63, 3.8) is 0 Å². The van der Waals surface area contributed by atoms with Gasteiger partial charge in [-0.3, -0.25) is 4.79 Å². The number of nitrogens with zero attached hydrogens (tertiary/aromatic N) is 4. The second kappa shape index (κ2) is 7.37. The zero-order valence-corrected chi connectivity index (χ0v) is 16.4. The van der Waals surface area contributed by atoms with Crippen LogP contribution in [0.3, 0.4) is 0 Å². The average molecular weight is 396 g/mol. The number of nitrogens with two attached hydrogens (primary N) is 1. The molecule has 1 atom stereocenters. The fraction of sp³-hybridized carbons (Fsp3) is 0.286. The molecule has 1 aromatic heterocycles. The highest BCUT2D eigenvalue weighted by Crippen LogP contribution is 2.26. The zero-order valence-electron chi connectivity index (χ0n) is 15.7. The first kappa shape index (κ1) is 18.7. The molecular formula is C21H22ClN5O. The van der Waals surface area contributed by atoms with E-state index in [1.807, 2.05) is 41.3 Å². The van der Waals surface area contributed by atoms with Crippen molar-refractivity contribution in [3.05, 3.63) is 65.4 Å². The Morgan fingerprint density at radius 2 is 1.71 bits per heavy atom. The first-order valence-corrected chi connectivity index (χ1v) is 9.63. The van der Waals surface area contributed by atoms with Crippen molar-refractivity contribution >= 4 is 34.2 Å². The molecule has 0 unspecified atom stereocenters. The van der Waals surface area contributed by atoms with Gasteiger partial charge in [-0.15, -0.1) is 0 Å². The van der Waals surface area contributed by atoms with Crippen molar-refractivity contribution in [3.8, 4) is 0 Å². The summed E-state index contributed by atoms with van der Waals surface area (Å²) >= 11 is 5.95. The van der Waals surface area contributed by atoms with Crippen LogP contribution in [-0.2, 0) is 10.3 Å². The number of carbonyl (C=O) groups excluding carboxylic acids is 1. The molecule has 4 rings (SSSR count). The fourth-order valence-electron chi connectivity index (χ4n) is 3.61. The molecule has 28 heavy (non-hydrogen) atoms. The van der Waals surface area contributed by atoms with Gasteiger partial charge in [0.1, 0.15) is 17.7 Å². The number of piperazine rings is 1. The summed E-state index contributed by atoms with van der Waals surface area (Å²) in [6.45, 7) is 4.34. The van der Waals surface area contributed by atoms with Crippen molar-refractivity contribution in [1.82, 2.24) is 14.9 Å². The molecule has 0 aliphatic carbocycles. The predicted octanol–water partition coefficient (Wildman–Crippen LogP) is 2.81. The summed E-state index contributed by atoms with van der Waals surface area (Å²) in [5.41, 5.74) is 7.00. The molecule has 1 saturated heterocycles. The topological polar surface area (TPSA) is 75.4 Å². The number of aromatic nitrogens is 2. The van der Waals surface area contributed by atoms with Crippen molar-refractivity contribution in [2.75, 3.05) is 31.1 Å². The monoisotopic (exact) mass is 395 g/mol. The number of para-hydroxylation sites is 1. The van der Waals surface area contributed by atoms with Gasteiger partial charge >= 0.3 is 0 Å². The molecule has 0 spiro atoms. The van der Waals surface area contributed by atoms with E-state index in [-0.39, 0.29) is 5.91 Å². The lowest BCUT2D eigenvalue weighted by molar-refractivity contribution is -0.137. The molecule has 3 aromatic rings. The standard InChI is InChI=1S/C21H22ClN5O/c1-21(23,15-6-8-16(22)9-7-15)20(28)27-12-10-26(11-13-27)19-17-4-2-3-5-18(17)24-14-25-19/h2-9,14H,10-13,23H2,1H3/t21-/m1/s1. The van der Waals surface area contributed by atoms with E-state index < -0.39 is 5.54 Å². The van der Waals surface area contributed by atoms with E-state index in [2.05, 4.69) is 14.9 Å². The van der Waals surface area contributed by atoms with Gasteiger partial charge in [0.15, 0.2) is 0 Å². The Morgan fingerprint density at radius 1 is 1.04 bits per heavy atom. The van der Waals surface area contributed by atoms with Crippen LogP contribution in [0.25, 0.3) is 10.9 Å². The summed E-state index contributed by atoms with van der Waals surface area (Å²) in [7, 11) is 0. The number of carbonyl (C=O) groups is 1. The van der Waals surface area contributed by atoms with Crippen LogP contribution in [0.4, 0.5) is 5.82 Å². The van der Waals surface area contributed by atoms with Gasteiger partial charge in [-0.25, -0.2) is 9.97 Å². The van der Waals surface area contributed by atoms with Crippen LogP contribution in [0, 0.1) is 0 Å². The maximum absolute atomic E-state index is 13.1. The largest absolute Gasteiger partial charge is 0.352 e. The molecule has 0 bridgehead atoms. The van der Waals surface area contributed by atoms with Crippen molar-refractivity contribution in [2.24, 2.45) is 5.73 Å². The Labute approximate surface area is 168 Å². The van der Waals surface area contributed by atoms with E-state index in [0.29, 0.717) is 31.2 Å². The van der Waals surface area contributed by atoms with Crippen molar-refractivity contribution < 1.29 is 4.79 Å². The number of benzene rings is 2. The number of halogens is 1. The highest BCUT2D eigenvalue weighted by atomic mass is 35.5. The van der Waals surface area contributed by atoms with Gasteiger partial charge in [0.05, 0.1) is 5.52 Å². The van der Waals surface area contributed by atoms with Gasteiger partial charge < -0.3 is 15.5 Å². The fourth-order valence-corrected chi connectivity index (χ4v) is 3.74. The Morgan fingerprint density at radius 3 is 2.43 bits per heavy atom. The minimum Gasteiger partial charge on any atom is -0.352 e. The van der Waals surface area contributed by atoms with Gasteiger partial charge in [0.25, 0.3) is 0 Å². The molecule has 144 valence electrons. The third-order valence-electron chi connectivity index (χ3n) is 5.28. The molecule has 0 radical (unpaired) electrons. The quantitative estimate of drug-likeness (QED) is 0.738. The second-order valence-electron chi connectivity index (χ2n) is 7.20. The van der Waals surface area contributed by atoms with Crippen LogP contribution in [0.1, 0.15) is 12.5 Å². The van der Waals surface area contributed by atoms with Gasteiger partial charge in [-0.05, 0) is 36.8 Å². The summed E-state index contributed by atoms with van der Waals surface area (Å²) in [6.07, 6.45) is 1.59. The van der Waals surface area contributed by atoms with E-state index in [0.717, 1.165) is 22.3 Å². The van der Waals surface area contributed by atoms with E-state index >= 15 is 0 Å².